The Bertz CT molecular complexity index is 563. The maximum absolute atomic E-state index is 5.17. The van der Waals surface area contributed by atoms with Crippen LogP contribution in [0, 0.1) is 6.92 Å². The molecule has 1 aliphatic rings. The smallest absolute Gasteiger partial charge is 0.150 e. The molecule has 21 heavy (non-hydrogen) atoms. The molecule has 0 saturated carbocycles. The van der Waals surface area contributed by atoms with Gasteiger partial charge in [0.1, 0.15) is 12.1 Å². The Morgan fingerprint density at radius 1 is 1.33 bits per heavy atom. The van der Waals surface area contributed by atoms with E-state index in [9.17, 15) is 0 Å². The molecule has 112 valence electrons. The zero-order valence-corrected chi connectivity index (χ0v) is 12.6. The number of hydrogen-bond donors (Lipinski definition) is 0. The second-order valence-electron chi connectivity index (χ2n) is 5.61. The molecule has 2 aromatic rings. The summed E-state index contributed by atoms with van der Waals surface area (Å²) in [5, 5.41) is 3.75. The number of hydrogen-bond acceptors (Lipinski definition) is 6. The molecule has 0 N–H and O–H groups in total. The van der Waals surface area contributed by atoms with E-state index in [2.05, 4.69) is 32.0 Å². The zero-order chi connectivity index (χ0) is 14.7. The van der Waals surface area contributed by atoms with E-state index >= 15 is 0 Å². The lowest BCUT2D eigenvalue weighted by atomic mass is 10.0. The summed E-state index contributed by atoms with van der Waals surface area (Å²) in [5.41, 5.74) is 1.01. The van der Waals surface area contributed by atoms with E-state index in [-0.39, 0.29) is 0 Å². The Labute approximate surface area is 124 Å². The van der Waals surface area contributed by atoms with E-state index in [4.69, 9.17) is 4.52 Å². The fourth-order valence-electron chi connectivity index (χ4n) is 2.83. The fraction of sp³-hybridized carbons (Fsp3) is 0.533. The maximum Gasteiger partial charge on any atom is 0.150 e. The van der Waals surface area contributed by atoms with Crippen LogP contribution in [0.25, 0.3) is 0 Å². The molecule has 0 unspecified atom stereocenters. The van der Waals surface area contributed by atoms with Crippen LogP contribution in [0.1, 0.15) is 24.3 Å². The fourth-order valence-corrected chi connectivity index (χ4v) is 2.83. The Morgan fingerprint density at radius 2 is 2.14 bits per heavy atom. The predicted molar refractivity (Wildman–Crippen MR) is 80.0 cm³/mol. The highest BCUT2D eigenvalue weighted by Gasteiger charge is 2.23. The highest BCUT2D eigenvalue weighted by Crippen LogP contribution is 2.21. The van der Waals surface area contributed by atoms with Gasteiger partial charge in [0.25, 0.3) is 0 Å². The standard InChI is InChI=1S/C15H21N5O/c1-12-9-15(17-11-16-12)19(2)13-4-7-20(8-5-13)10-14-3-6-18-21-14/h3,6,9,11,13H,4-5,7-8,10H2,1-2H3. The van der Waals surface area contributed by atoms with Crippen molar-refractivity contribution in [2.75, 3.05) is 25.0 Å². The van der Waals surface area contributed by atoms with Gasteiger partial charge in [0, 0.05) is 44.0 Å². The van der Waals surface area contributed by atoms with Gasteiger partial charge in [-0.05, 0) is 19.8 Å². The number of aromatic nitrogens is 3. The summed E-state index contributed by atoms with van der Waals surface area (Å²) >= 11 is 0. The topological polar surface area (TPSA) is 58.3 Å². The lowest BCUT2D eigenvalue weighted by molar-refractivity contribution is 0.183. The summed E-state index contributed by atoms with van der Waals surface area (Å²) in [6.07, 6.45) is 5.61. The molecule has 0 atom stereocenters. The minimum Gasteiger partial charge on any atom is -0.360 e. The van der Waals surface area contributed by atoms with E-state index in [1.165, 1.54) is 0 Å². The van der Waals surface area contributed by atoms with E-state index < -0.39 is 0 Å². The number of anilines is 1. The third kappa shape index (κ3) is 3.39. The lowest BCUT2D eigenvalue weighted by Gasteiger charge is -2.36. The van der Waals surface area contributed by atoms with Crippen LogP contribution >= 0.6 is 0 Å². The van der Waals surface area contributed by atoms with Crippen LogP contribution in [0.2, 0.25) is 0 Å². The molecule has 0 spiro atoms. The third-order valence-corrected chi connectivity index (χ3v) is 4.13. The van der Waals surface area contributed by atoms with Crippen molar-refractivity contribution in [3.05, 3.63) is 36.1 Å². The molecule has 1 fully saturated rings. The second kappa shape index (κ2) is 6.22. The number of nitrogens with zero attached hydrogens (tertiary/aromatic N) is 5. The molecule has 0 amide bonds. The zero-order valence-electron chi connectivity index (χ0n) is 12.6. The molecule has 3 heterocycles. The molecule has 3 rings (SSSR count). The first kappa shape index (κ1) is 14.0. The average molecular weight is 287 g/mol. The Kier molecular flexibility index (Phi) is 4.15. The summed E-state index contributed by atoms with van der Waals surface area (Å²) in [5.74, 6) is 1.95. The van der Waals surface area contributed by atoms with Crippen LogP contribution in [0.15, 0.2) is 29.2 Å². The summed E-state index contributed by atoms with van der Waals surface area (Å²) in [4.78, 5) is 13.2. The van der Waals surface area contributed by atoms with Gasteiger partial charge in [-0.25, -0.2) is 9.97 Å². The molecule has 2 aromatic heterocycles. The van der Waals surface area contributed by atoms with Crippen LogP contribution in [0.5, 0.6) is 0 Å². The van der Waals surface area contributed by atoms with Crippen molar-refractivity contribution in [3.8, 4) is 0 Å². The molecule has 1 saturated heterocycles. The highest BCUT2D eigenvalue weighted by atomic mass is 16.5. The van der Waals surface area contributed by atoms with Gasteiger partial charge in [0.2, 0.25) is 0 Å². The van der Waals surface area contributed by atoms with Crippen LogP contribution in [0.3, 0.4) is 0 Å². The van der Waals surface area contributed by atoms with Crippen LogP contribution in [-0.2, 0) is 6.54 Å². The molecule has 6 heteroatoms. The maximum atomic E-state index is 5.17. The molecule has 0 bridgehead atoms. The Balaban J connectivity index is 1.55. The van der Waals surface area contributed by atoms with Crippen molar-refractivity contribution >= 4 is 5.82 Å². The van der Waals surface area contributed by atoms with Gasteiger partial charge in [-0.2, -0.15) is 0 Å². The second-order valence-corrected chi connectivity index (χ2v) is 5.61. The van der Waals surface area contributed by atoms with Crippen molar-refractivity contribution in [1.82, 2.24) is 20.0 Å². The molecule has 1 aliphatic heterocycles. The van der Waals surface area contributed by atoms with Gasteiger partial charge in [0.15, 0.2) is 5.76 Å². The van der Waals surface area contributed by atoms with Gasteiger partial charge in [0.05, 0.1) is 12.7 Å². The molecular formula is C15H21N5O. The first-order chi connectivity index (χ1) is 10.2. The first-order valence-electron chi connectivity index (χ1n) is 7.36. The number of aryl methyl sites for hydroxylation is 1. The van der Waals surface area contributed by atoms with Crippen LogP contribution in [-0.4, -0.2) is 46.2 Å². The summed E-state index contributed by atoms with van der Waals surface area (Å²) in [6.45, 7) is 4.99. The van der Waals surface area contributed by atoms with Gasteiger partial charge in [-0.3, -0.25) is 4.90 Å². The number of likely N-dealkylation sites (tertiary alicyclic amines) is 1. The SMILES string of the molecule is Cc1cc(N(C)C2CCN(Cc3ccno3)CC2)ncn1. The largest absolute Gasteiger partial charge is 0.360 e. The van der Waals surface area contributed by atoms with Gasteiger partial charge >= 0.3 is 0 Å². The highest BCUT2D eigenvalue weighted by molar-refractivity contribution is 5.39. The first-order valence-corrected chi connectivity index (χ1v) is 7.36. The lowest BCUT2D eigenvalue weighted by Crippen LogP contribution is -2.43. The molecule has 6 nitrogen and oxygen atoms in total. The number of piperidine rings is 1. The van der Waals surface area contributed by atoms with Crippen LogP contribution < -0.4 is 4.90 Å². The van der Waals surface area contributed by atoms with Crippen molar-refractivity contribution < 1.29 is 4.52 Å². The quantitative estimate of drug-likeness (QED) is 0.855. The predicted octanol–water partition coefficient (Wildman–Crippen LogP) is 1.87. The van der Waals surface area contributed by atoms with Gasteiger partial charge < -0.3 is 9.42 Å². The molecule has 0 aromatic carbocycles. The van der Waals surface area contributed by atoms with Crippen LogP contribution in [0.4, 0.5) is 5.82 Å². The van der Waals surface area contributed by atoms with E-state index in [0.29, 0.717) is 6.04 Å². The van der Waals surface area contributed by atoms with Crippen molar-refractivity contribution in [2.45, 2.75) is 32.4 Å². The van der Waals surface area contributed by atoms with Crippen molar-refractivity contribution in [1.29, 1.82) is 0 Å². The summed E-state index contributed by atoms with van der Waals surface area (Å²) < 4.78 is 5.17. The molecule has 0 aliphatic carbocycles. The minimum absolute atomic E-state index is 0.533. The summed E-state index contributed by atoms with van der Waals surface area (Å²) in [7, 11) is 2.12. The molecular weight excluding hydrogens is 266 g/mol. The van der Waals surface area contributed by atoms with Crippen molar-refractivity contribution in [3.63, 3.8) is 0 Å². The normalized spacial score (nSPS) is 17.0. The Hall–Kier alpha value is -1.95. The monoisotopic (exact) mass is 287 g/mol. The third-order valence-electron chi connectivity index (χ3n) is 4.13. The Morgan fingerprint density at radius 3 is 2.81 bits per heavy atom. The number of rotatable bonds is 4. The molecule has 0 radical (unpaired) electrons. The van der Waals surface area contributed by atoms with E-state index in [1.807, 2.05) is 19.1 Å². The van der Waals surface area contributed by atoms with E-state index in [1.54, 1.807) is 12.5 Å². The summed E-state index contributed by atoms with van der Waals surface area (Å²) in [6, 6.07) is 4.51. The average Bonchev–Trinajstić information content (AvgIpc) is 3.00. The van der Waals surface area contributed by atoms with Gasteiger partial charge in [-0.1, -0.05) is 5.16 Å². The minimum atomic E-state index is 0.533. The van der Waals surface area contributed by atoms with E-state index in [0.717, 1.165) is 49.7 Å². The van der Waals surface area contributed by atoms with Gasteiger partial charge in [-0.15, -0.1) is 0 Å². The van der Waals surface area contributed by atoms with Crippen molar-refractivity contribution in [2.24, 2.45) is 0 Å².